The number of halogens is 1. The fourth-order valence-corrected chi connectivity index (χ4v) is 2.26. The Labute approximate surface area is 124 Å². The first-order chi connectivity index (χ1) is 10.0. The molecular formula is C17H20FN3. The van der Waals surface area contributed by atoms with Crippen LogP contribution in [-0.2, 0) is 6.54 Å². The lowest BCUT2D eigenvalue weighted by molar-refractivity contribution is 0.602. The topological polar surface area (TPSA) is 53.1 Å². The van der Waals surface area contributed by atoms with Gasteiger partial charge in [0.25, 0.3) is 0 Å². The second-order valence-corrected chi connectivity index (χ2v) is 5.04. The normalized spacial score (nSPS) is 10.4. The van der Waals surface area contributed by atoms with E-state index in [0.29, 0.717) is 12.1 Å². The standard InChI is InChI=1S/C17H20FN3/c1-3-21(14-9-7-12(2)8-10-14)11-13-5-4-6-15(16(13)18)17(19)20/h4-10H,3,11H2,1-2H3,(H3,19,20). The van der Waals surface area contributed by atoms with Gasteiger partial charge in [-0.05, 0) is 32.0 Å². The van der Waals surface area contributed by atoms with Crippen molar-refractivity contribution in [1.82, 2.24) is 0 Å². The van der Waals surface area contributed by atoms with Crippen molar-refractivity contribution in [2.24, 2.45) is 5.73 Å². The number of nitrogens with one attached hydrogen (secondary N) is 1. The zero-order chi connectivity index (χ0) is 15.4. The molecule has 0 heterocycles. The minimum Gasteiger partial charge on any atom is -0.384 e. The predicted molar refractivity (Wildman–Crippen MR) is 85.3 cm³/mol. The van der Waals surface area contributed by atoms with Gasteiger partial charge in [-0.2, -0.15) is 0 Å². The summed E-state index contributed by atoms with van der Waals surface area (Å²) in [6, 6.07) is 13.2. The zero-order valence-corrected chi connectivity index (χ0v) is 12.4. The monoisotopic (exact) mass is 285 g/mol. The van der Waals surface area contributed by atoms with Crippen molar-refractivity contribution in [2.45, 2.75) is 20.4 Å². The molecule has 0 unspecified atom stereocenters. The lowest BCUT2D eigenvalue weighted by Gasteiger charge is -2.24. The number of aryl methyl sites for hydroxylation is 1. The van der Waals surface area contributed by atoms with Crippen LogP contribution in [0.5, 0.6) is 0 Å². The van der Waals surface area contributed by atoms with E-state index in [4.69, 9.17) is 11.1 Å². The van der Waals surface area contributed by atoms with E-state index in [-0.39, 0.29) is 11.4 Å². The molecule has 0 saturated carbocycles. The van der Waals surface area contributed by atoms with Crippen molar-refractivity contribution in [1.29, 1.82) is 5.41 Å². The van der Waals surface area contributed by atoms with E-state index >= 15 is 0 Å². The molecule has 0 spiro atoms. The van der Waals surface area contributed by atoms with E-state index in [9.17, 15) is 4.39 Å². The smallest absolute Gasteiger partial charge is 0.139 e. The Kier molecular flexibility index (Phi) is 4.58. The van der Waals surface area contributed by atoms with Gasteiger partial charge in [0.1, 0.15) is 11.7 Å². The Morgan fingerprint density at radius 1 is 1.19 bits per heavy atom. The van der Waals surface area contributed by atoms with Crippen molar-refractivity contribution >= 4 is 11.5 Å². The Hall–Kier alpha value is -2.36. The molecule has 2 aromatic carbocycles. The number of anilines is 1. The van der Waals surface area contributed by atoms with Gasteiger partial charge in [0.05, 0.1) is 5.56 Å². The van der Waals surface area contributed by atoms with Gasteiger partial charge in [-0.25, -0.2) is 4.39 Å². The fraction of sp³-hybridized carbons (Fsp3) is 0.235. The first-order valence-electron chi connectivity index (χ1n) is 6.96. The largest absolute Gasteiger partial charge is 0.384 e. The SMILES string of the molecule is CCN(Cc1cccc(C(=N)N)c1F)c1ccc(C)cc1. The molecule has 3 N–H and O–H groups in total. The van der Waals surface area contributed by atoms with Gasteiger partial charge >= 0.3 is 0 Å². The van der Waals surface area contributed by atoms with Crippen molar-refractivity contribution in [2.75, 3.05) is 11.4 Å². The van der Waals surface area contributed by atoms with E-state index in [1.54, 1.807) is 12.1 Å². The maximum absolute atomic E-state index is 14.4. The second-order valence-electron chi connectivity index (χ2n) is 5.04. The number of hydrogen-bond donors (Lipinski definition) is 2. The number of nitrogens with two attached hydrogens (primary N) is 1. The average molecular weight is 285 g/mol. The molecule has 0 bridgehead atoms. The zero-order valence-electron chi connectivity index (χ0n) is 12.4. The van der Waals surface area contributed by atoms with Crippen LogP contribution in [0.15, 0.2) is 42.5 Å². The number of nitrogen functional groups attached to an aromatic ring is 1. The highest BCUT2D eigenvalue weighted by atomic mass is 19.1. The van der Waals surface area contributed by atoms with Crippen LogP contribution < -0.4 is 10.6 Å². The van der Waals surface area contributed by atoms with Crippen molar-refractivity contribution < 1.29 is 4.39 Å². The van der Waals surface area contributed by atoms with Gasteiger partial charge in [-0.3, -0.25) is 5.41 Å². The van der Waals surface area contributed by atoms with Crippen LogP contribution >= 0.6 is 0 Å². The molecule has 2 rings (SSSR count). The van der Waals surface area contributed by atoms with Gasteiger partial charge in [-0.15, -0.1) is 0 Å². The Bertz CT molecular complexity index is 635. The van der Waals surface area contributed by atoms with Crippen LogP contribution in [0.25, 0.3) is 0 Å². The maximum Gasteiger partial charge on any atom is 0.139 e. The summed E-state index contributed by atoms with van der Waals surface area (Å²) in [6.45, 7) is 5.29. The van der Waals surface area contributed by atoms with Crippen molar-refractivity contribution in [3.8, 4) is 0 Å². The van der Waals surface area contributed by atoms with Crippen LogP contribution in [0.1, 0.15) is 23.6 Å². The van der Waals surface area contributed by atoms with Gasteiger partial charge in [-0.1, -0.05) is 29.8 Å². The number of nitrogens with zero attached hydrogens (tertiary/aromatic N) is 1. The van der Waals surface area contributed by atoms with Crippen molar-refractivity contribution in [3.05, 3.63) is 65.0 Å². The van der Waals surface area contributed by atoms with Gasteiger partial charge in [0, 0.05) is 24.3 Å². The molecule has 0 radical (unpaired) electrons. The second kappa shape index (κ2) is 6.39. The van der Waals surface area contributed by atoms with E-state index in [1.807, 2.05) is 38.1 Å². The Morgan fingerprint density at radius 3 is 2.43 bits per heavy atom. The highest BCUT2D eigenvalue weighted by Crippen LogP contribution is 2.20. The molecule has 0 aromatic heterocycles. The molecule has 110 valence electrons. The number of amidine groups is 1. The lowest BCUT2D eigenvalue weighted by Crippen LogP contribution is -2.23. The number of hydrogen-bond acceptors (Lipinski definition) is 2. The minimum atomic E-state index is -0.407. The molecule has 4 heteroatoms. The summed E-state index contributed by atoms with van der Waals surface area (Å²) in [4.78, 5) is 2.09. The summed E-state index contributed by atoms with van der Waals surface area (Å²) < 4.78 is 14.4. The molecule has 0 amide bonds. The Balaban J connectivity index is 2.29. The van der Waals surface area contributed by atoms with E-state index < -0.39 is 5.82 Å². The molecule has 0 saturated heterocycles. The summed E-state index contributed by atoms with van der Waals surface area (Å²) in [5.41, 5.74) is 8.36. The molecule has 0 atom stereocenters. The number of rotatable bonds is 5. The van der Waals surface area contributed by atoms with E-state index in [1.165, 1.54) is 11.6 Å². The number of benzene rings is 2. The van der Waals surface area contributed by atoms with Gasteiger partial charge in [0.2, 0.25) is 0 Å². The van der Waals surface area contributed by atoms with Crippen LogP contribution in [0.3, 0.4) is 0 Å². The quantitative estimate of drug-likeness (QED) is 0.653. The van der Waals surface area contributed by atoms with E-state index in [0.717, 1.165) is 12.2 Å². The highest BCUT2D eigenvalue weighted by Gasteiger charge is 2.13. The van der Waals surface area contributed by atoms with Gasteiger partial charge < -0.3 is 10.6 Å². The maximum atomic E-state index is 14.4. The average Bonchev–Trinajstić information content (AvgIpc) is 2.47. The Morgan fingerprint density at radius 2 is 1.86 bits per heavy atom. The summed E-state index contributed by atoms with van der Waals surface area (Å²) >= 11 is 0. The van der Waals surface area contributed by atoms with E-state index in [2.05, 4.69) is 4.90 Å². The first kappa shape index (κ1) is 15.0. The van der Waals surface area contributed by atoms with Crippen LogP contribution in [0, 0.1) is 18.2 Å². The highest BCUT2D eigenvalue weighted by molar-refractivity contribution is 5.95. The predicted octanol–water partition coefficient (Wildman–Crippen LogP) is 3.44. The summed E-state index contributed by atoms with van der Waals surface area (Å²) in [6.07, 6.45) is 0. The minimum absolute atomic E-state index is 0.160. The first-order valence-corrected chi connectivity index (χ1v) is 6.96. The molecule has 21 heavy (non-hydrogen) atoms. The summed E-state index contributed by atoms with van der Waals surface area (Å²) in [7, 11) is 0. The summed E-state index contributed by atoms with van der Waals surface area (Å²) in [5.74, 6) is -0.650. The van der Waals surface area contributed by atoms with Crippen LogP contribution in [-0.4, -0.2) is 12.4 Å². The fourth-order valence-electron chi connectivity index (χ4n) is 2.26. The third kappa shape index (κ3) is 3.40. The molecule has 2 aromatic rings. The molecule has 3 nitrogen and oxygen atoms in total. The van der Waals surface area contributed by atoms with Crippen LogP contribution in [0.4, 0.5) is 10.1 Å². The molecule has 0 aliphatic carbocycles. The summed E-state index contributed by atoms with van der Waals surface area (Å²) in [5, 5.41) is 7.41. The molecule has 0 fully saturated rings. The molecule has 0 aliphatic heterocycles. The van der Waals surface area contributed by atoms with Gasteiger partial charge in [0.15, 0.2) is 0 Å². The van der Waals surface area contributed by atoms with Crippen molar-refractivity contribution in [3.63, 3.8) is 0 Å². The molecule has 0 aliphatic rings. The van der Waals surface area contributed by atoms with Crippen LogP contribution in [0.2, 0.25) is 0 Å². The third-order valence-corrected chi connectivity index (χ3v) is 3.51. The lowest BCUT2D eigenvalue weighted by atomic mass is 10.1. The third-order valence-electron chi connectivity index (χ3n) is 3.51. The molecular weight excluding hydrogens is 265 g/mol.